The maximum atomic E-state index is 12.0. The van der Waals surface area contributed by atoms with Gasteiger partial charge in [-0.1, -0.05) is 0 Å². The summed E-state index contributed by atoms with van der Waals surface area (Å²) in [6.07, 6.45) is 1.80. The molecule has 1 heterocycles. The van der Waals surface area contributed by atoms with E-state index in [2.05, 4.69) is 10.6 Å². The monoisotopic (exact) mass is 242 g/mol. The van der Waals surface area contributed by atoms with Gasteiger partial charge in [0.05, 0.1) is 17.0 Å². The Morgan fingerprint density at radius 3 is 2.29 bits per heavy atom. The van der Waals surface area contributed by atoms with E-state index in [9.17, 15) is 14.7 Å². The first kappa shape index (κ1) is 14.0. The Kier molecular flexibility index (Phi) is 3.81. The molecule has 0 unspecified atom stereocenters. The summed E-state index contributed by atoms with van der Waals surface area (Å²) < 4.78 is 0. The van der Waals surface area contributed by atoms with Gasteiger partial charge in [0.1, 0.15) is 0 Å². The molecule has 5 heteroatoms. The molecule has 1 fully saturated rings. The van der Waals surface area contributed by atoms with Crippen molar-refractivity contribution in [3.8, 4) is 0 Å². The molecule has 0 aliphatic carbocycles. The first-order valence-electron chi connectivity index (χ1n) is 5.97. The number of carboxylic acids is 1. The van der Waals surface area contributed by atoms with Crippen molar-refractivity contribution in [2.75, 3.05) is 6.54 Å². The van der Waals surface area contributed by atoms with Crippen LogP contribution in [0.25, 0.3) is 0 Å². The van der Waals surface area contributed by atoms with Crippen molar-refractivity contribution in [1.29, 1.82) is 0 Å². The van der Waals surface area contributed by atoms with Crippen LogP contribution in [0.1, 0.15) is 40.5 Å². The van der Waals surface area contributed by atoms with Crippen LogP contribution < -0.4 is 10.6 Å². The van der Waals surface area contributed by atoms with Gasteiger partial charge in [-0.2, -0.15) is 0 Å². The molecule has 0 aromatic heterocycles. The van der Waals surface area contributed by atoms with E-state index in [0.29, 0.717) is 0 Å². The quantitative estimate of drug-likeness (QED) is 0.679. The fraction of sp³-hybridized carbons (Fsp3) is 0.833. The highest BCUT2D eigenvalue weighted by Crippen LogP contribution is 2.30. The van der Waals surface area contributed by atoms with Crippen LogP contribution in [0.3, 0.4) is 0 Å². The molecule has 1 aliphatic heterocycles. The first-order chi connectivity index (χ1) is 7.68. The predicted octanol–water partition coefficient (Wildman–Crippen LogP) is 0.744. The molecule has 5 nitrogen and oxygen atoms in total. The van der Waals surface area contributed by atoms with Gasteiger partial charge >= 0.3 is 5.97 Å². The Morgan fingerprint density at radius 2 is 1.88 bits per heavy atom. The lowest BCUT2D eigenvalue weighted by molar-refractivity contribution is -0.151. The van der Waals surface area contributed by atoms with Gasteiger partial charge in [0.2, 0.25) is 5.91 Å². The molecule has 0 aromatic carbocycles. The summed E-state index contributed by atoms with van der Waals surface area (Å²) in [5.41, 5.74) is -1.80. The molecule has 1 amide bonds. The van der Waals surface area contributed by atoms with Gasteiger partial charge in [-0.3, -0.25) is 9.59 Å². The molecule has 3 N–H and O–H groups in total. The second-order valence-corrected chi connectivity index (χ2v) is 5.69. The molecule has 1 saturated heterocycles. The highest BCUT2D eigenvalue weighted by atomic mass is 16.4. The molecule has 0 bridgehead atoms. The zero-order valence-corrected chi connectivity index (χ0v) is 11.0. The number of aliphatic carboxylic acids is 1. The Morgan fingerprint density at radius 1 is 1.29 bits per heavy atom. The number of hydrogen-bond acceptors (Lipinski definition) is 3. The molecule has 0 spiro atoms. The standard InChI is InChI=1S/C12H22N2O3/c1-11(2,10(16)17)12(3,4)14-9(15)8-6-5-7-13-8/h8,13H,5-7H2,1-4H3,(H,14,15)(H,16,17)/t8-/m0/s1. The zero-order chi connectivity index (χ0) is 13.3. The van der Waals surface area contributed by atoms with E-state index in [4.69, 9.17) is 0 Å². The second kappa shape index (κ2) is 4.64. The third-order valence-corrected chi connectivity index (χ3v) is 3.91. The summed E-state index contributed by atoms with van der Waals surface area (Å²) in [7, 11) is 0. The maximum Gasteiger partial charge on any atom is 0.311 e. The summed E-state index contributed by atoms with van der Waals surface area (Å²) in [5, 5.41) is 15.1. The second-order valence-electron chi connectivity index (χ2n) is 5.69. The van der Waals surface area contributed by atoms with Crippen LogP contribution in [0.15, 0.2) is 0 Å². The largest absolute Gasteiger partial charge is 0.481 e. The average molecular weight is 242 g/mol. The van der Waals surface area contributed by atoms with Gasteiger partial charge in [-0.15, -0.1) is 0 Å². The van der Waals surface area contributed by atoms with Crippen LogP contribution in [0.5, 0.6) is 0 Å². The molecular formula is C12H22N2O3. The highest BCUT2D eigenvalue weighted by molar-refractivity contribution is 5.84. The number of rotatable bonds is 4. The van der Waals surface area contributed by atoms with Crippen molar-refractivity contribution in [1.82, 2.24) is 10.6 Å². The summed E-state index contributed by atoms with van der Waals surface area (Å²) in [4.78, 5) is 23.2. The minimum Gasteiger partial charge on any atom is -0.481 e. The van der Waals surface area contributed by atoms with Crippen LogP contribution >= 0.6 is 0 Å². The number of hydrogen-bond donors (Lipinski definition) is 3. The van der Waals surface area contributed by atoms with Crippen LogP contribution in [-0.2, 0) is 9.59 Å². The lowest BCUT2D eigenvalue weighted by Gasteiger charge is -2.39. The van der Waals surface area contributed by atoms with Crippen molar-refractivity contribution < 1.29 is 14.7 Å². The minimum absolute atomic E-state index is 0.109. The number of nitrogens with one attached hydrogen (secondary N) is 2. The van der Waals surface area contributed by atoms with Crippen molar-refractivity contribution in [2.45, 2.75) is 52.1 Å². The van der Waals surface area contributed by atoms with Crippen LogP contribution in [0.4, 0.5) is 0 Å². The van der Waals surface area contributed by atoms with E-state index in [-0.39, 0.29) is 11.9 Å². The normalized spacial score (nSPS) is 21.3. The van der Waals surface area contributed by atoms with E-state index in [1.165, 1.54) is 0 Å². The lowest BCUT2D eigenvalue weighted by Crippen LogP contribution is -2.59. The van der Waals surface area contributed by atoms with Crippen LogP contribution in [-0.4, -0.2) is 35.1 Å². The van der Waals surface area contributed by atoms with E-state index in [1.807, 2.05) is 0 Å². The summed E-state index contributed by atoms with van der Waals surface area (Å²) in [6.45, 7) is 7.58. The SMILES string of the molecule is CC(C)(NC(=O)[C@@H]1CCCN1)C(C)(C)C(=O)O. The van der Waals surface area contributed by atoms with Crippen molar-refractivity contribution in [2.24, 2.45) is 5.41 Å². The number of carbonyl (C=O) groups is 2. The fourth-order valence-electron chi connectivity index (χ4n) is 1.73. The van der Waals surface area contributed by atoms with Crippen molar-refractivity contribution in [3.63, 3.8) is 0 Å². The molecule has 0 saturated carbocycles. The van der Waals surface area contributed by atoms with Gasteiger partial charge in [-0.25, -0.2) is 0 Å². The first-order valence-corrected chi connectivity index (χ1v) is 5.97. The fourth-order valence-corrected chi connectivity index (χ4v) is 1.73. The highest BCUT2D eigenvalue weighted by Gasteiger charge is 2.45. The lowest BCUT2D eigenvalue weighted by atomic mass is 9.74. The maximum absolute atomic E-state index is 12.0. The van der Waals surface area contributed by atoms with E-state index >= 15 is 0 Å². The number of carbonyl (C=O) groups excluding carboxylic acids is 1. The molecule has 98 valence electrons. The summed E-state index contributed by atoms with van der Waals surface area (Å²) in [5.74, 6) is -1.02. The molecule has 1 rings (SSSR count). The van der Waals surface area contributed by atoms with E-state index in [0.717, 1.165) is 19.4 Å². The molecule has 0 aromatic rings. The van der Waals surface area contributed by atoms with Crippen LogP contribution in [0, 0.1) is 5.41 Å². The van der Waals surface area contributed by atoms with Crippen molar-refractivity contribution >= 4 is 11.9 Å². The third kappa shape index (κ3) is 2.77. The zero-order valence-electron chi connectivity index (χ0n) is 11.0. The topological polar surface area (TPSA) is 78.4 Å². The molecule has 1 aliphatic rings. The Labute approximate surface area is 102 Å². The molecule has 1 atom stereocenters. The molecule has 17 heavy (non-hydrogen) atoms. The van der Waals surface area contributed by atoms with Crippen molar-refractivity contribution in [3.05, 3.63) is 0 Å². The summed E-state index contributed by atoms with van der Waals surface area (Å²) in [6, 6.07) is -0.182. The van der Waals surface area contributed by atoms with Gasteiger partial charge in [0.25, 0.3) is 0 Å². The molecular weight excluding hydrogens is 220 g/mol. The smallest absolute Gasteiger partial charge is 0.311 e. The molecule has 0 radical (unpaired) electrons. The van der Waals surface area contributed by atoms with Gasteiger partial charge < -0.3 is 15.7 Å². The number of carboxylic acid groups (broad SMARTS) is 1. The van der Waals surface area contributed by atoms with Crippen LogP contribution in [0.2, 0.25) is 0 Å². The third-order valence-electron chi connectivity index (χ3n) is 3.91. The predicted molar refractivity (Wildman–Crippen MR) is 64.7 cm³/mol. The van der Waals surface area contributed by atoms with Gasteiger partial charge in [-0.05, 0) is 47.1 Å². The van der Waals surface area contributed by atoms with E-state index < -0.39 is 16.9 Å². The Hall–Kier alpha value is -1.10. The Bertz CT molecular complexity index is 318. The number of amides is 1. The van der Waals surface area contributed by atoms with Gasteiger partial charge in [0, 0.05) is 0 Å². The minimum atomic E-state index is -1.01. The van der Waals surface area contributed by atoms with Gasteiger partial charge in [0.15, 0.2) is 0 Å². The van der Waals surface area contributed by atoms with E-state index in [1.54, 1.807) is 27.7 Å². The average Bonchev–Trinajstić information content (AvgIpc) is 2.68. The Balaban J connectivity index is 2.71. The summed E-state index contributed by atoms with van der Waals surface area (Å²) >= 11 is 0.